The predicted octanol–water partition coefficient (Wildman–Crippen LogP) is 33.2. The lowest BCUT2D eigenvalue weighted by atomic mass is 9.45. The van der Waals surface area contributed by atoms with E-state index >= 15 is 0 Å². The van der Waals surface area contributed by atoms with Gasteiger partial charge in [0, 0.05) is 5.41 Å². The van der Waals surface area contributed by atoms with Crippen LogP contribution in [0.2, 0.25) is 0 Å². The van der Waals surface area contributed by atoms with E-state index in [1.54, 1.807) is 5.57 Å². The highest BCUT2D eigenvalue weighted by Gasteiger charge is 2.59. The number of fused-ring (bicyclic) bond motifs is 6. The molecular formula is C76H202O4. The van der Waals surface area contributed by atoms with Crippen LogP contribution in [0.3, 0.4) is 0 Å². The van der Waals surface area contributed by atoms with Gasteiger partial charge in [-0.05, 0) is 130 Å². The van der Waals surface area contributed by atoms with Crippen LogP contribution < -0.4 is 0 Å². The number of aliphatic carboxylic acids is 2. The quantitative estimate of drug-likeness (QED) is 0.275. The number of carboxylic acid groups (broad SMARTS) is 2. The Morgan fingerprint density at radius 3 is 1.15 bits per heavy atom. The molecule has 9 atom stereocenters. The zero-order chi connectivity index (χ0) is 32.3. The third-order valence-corrected chi connectivity index (χ3v) is 14.2. The molecule has 0 aromatic carbocycles. The van der Waals surface area contributed by atoms with Crippen LogP contribution in [0.15, 0.2) is 60.3 Å². The van der Waals surface area contributed by atoms with Crippen molar-refractivity contribution >= 4 is 11.9 Å². The van der Waals surface area contributed by atoms with E-state index in [-0.39, 0.29) is 295 Å². The van der Waals surface area contributed by atoms with E-state index in [9.17, 15) is 19.8 Å². The average molecular weight is 1180 g/mol. The standard InChI is InChI=1S/C20H30O2.C20H28O2.36CH4/c2*1-5-18(2)12-9-15-14(13-18)7-8-16-19(15,3)10-6-11-20(16,4)17(21)22;;;;;;;;;;;;;;;;;;;;;;;;;;;;;;;;;;;;/h5,13,15-16H,1,6-12H2,2-4H3,(H,21,22);5,7,9,16H,1,6,8,10-13H2,2-4H3,(H,21,22);36*1H4. The number of hydrogen-bond acceptors (Lipinski definition) is 2. The molecule has 3 fully saturated rings. The minimum Gasteiger partial charge on any atom is -0.481 e. The molecule has 0 heterocycles. The van der Waals surface area contributed by atoms with Gasteiger partial charge in [-0.2, -0.15) is 0 Å². The van der Waals surface area contributed by atoms with Crippen molar-refractivity contribution < 1.29 is 19.8 Å². The Morgan fingerprint density at radius 1 is 0.463 bits per heavy atom. The molecule has 0 aliphatic heterocycles. The topological polar surface area (TPSA) is 74.6 Å². The van der Waals surface area contributed by atoms with Gasteiger partial charge < -0.3 is 10.2 Å². The molecule has 0 bridgehead atoms. The zero-order valence-electron chi connectivity index (χ0n) is 28.4. The van der Waals surface area contributed by atoms with Crippen molar-refractivity contribution in [3.8, 4) is 0 Å². The third-order valence-electron chi connectivity index (χ3n) is 14.2. The summed E-state index contributed by atoms with van der Waals surface area (Å²) in [7, 11) is 0. The average Bonchev–Trinajstić information content (AvgIpc) is 2.96. The Balaban J connectivity index is -0.0000000132. The van der Waals surface area contributed by atoms with Gasteiger partial charge in [0.25, 0.3) is 0 Å². The van der Waals surface area contributed by atoms with E-state index in [2.05, 4.69) is 71.2 Å². The number of allylic oxidation sites excluding steroid dienone is 8. The predicted molar refractivity (Wildman–Crippen MR) is 421 cm³/mol. The molecule has 3 saturated carbocycles. The molecule has 0 spiro atoms. The van der Waals surface area contributed by atoms with Crippen LogP contribution in [0, 0.1) is 50.2 Å². The van der Waals surface area contributed by atoms with E-state index < -0.39 is 22.8 Å². The van der Waals surface area contributed by atoms with Gasteiger partial charge in [0.15, 0.2) is 0 Å². The van der Waals surface area contributed by atoms with Gasteiger partial charge in [-0.1, -0.05) is 344 Å². The molecule has 4 nitrogen and oxygen atoms in total. The molecule has 6 rings (SSSR count). The first-order chi connectivity index (χ1) is 20.5. The maximum atomic E-state index is 12.0. The van der Waals surface area contributed by atoms with E-state index in [0.717, 1.165) is 70.6 Å². The monoisotopic (exact) mass is 1180 g/mol. The van der Waals surface area contributed by atoms with E-state index in [1.165, 1.54) is 24.0 Å². The second-order valence-electron chi connectivity index (χ2n) is 17.1. The summed E-state index contributed by atoms with van der Waals surface area (Å²) in [5.74, 6) is -0.0794. The Bertz CT molecular complexity index is 1320. The molecule has 6 aliphatic carbocycles. The van der Waals surface area contributed by atoms with Crippen LogP contribution in [0.5, 0.6) is 0 Å². The van der Waals surface area contributed by atoms with Gasteiger partial charge in [-0.15, -0.1) is 13.2 Å². The smallest absolute Gasteiger partial charge is 0.309 e. The van der Waals surface area contributed by atoms with Crippen LogP contribution >= 0.6 is 0 Å². The first-order valence-corrected chi connectivity index (χ1v) is 17.4. The highest BCUT2D eigenvalue weighted by Crippen LogP contribution is 2.64. The number of carbonyl (C=O) groups is 2. The van der Waals surface area contributed by atoms with Crippen LogP contribution in [0.25, 0.3) is 0 Å². The van der Waals surface area contributed by atoms with Crippen molar-refractivity contribution in [1.82, 2.24) is 0 Å². The Hall–Kier alpha value is -2.36. The normalized spacial score (nSPS) is 25.3. The fourth-order valence-electron chi connectivity index (χ4n) is 11.2. The third kappa shape index (κ3) is 36.4. The summed E-state index contributed by atoms with van der Waals surface area (Å²) in [6.07, 6.45) is 24.8. The van der Waals surface area contributed by atoms with Crippen molar-refractivity contribution in [2.45, 2.75) is 392 Å². The molecule has 4 heteroatoms. The highest BCUT2D eigenvalue weighted by atomic mass is 16.4. The van der Waals surface area contributed by atoms with Gasteiger partial charge >= 0.3 is 11.9 Å². The second-order valence-corrected chi connectivity index (χ2v) is 17.1. The summed E-state index contributed by atoms with van der Waals surface area (Å²) in [5, 5.41) is 19.7. The zero-order valence-corrected chi connectivity index (χ0v) is 28.4. The minimum atomic E-state index is -0.618. The van der Waals surface area contributed by atoms with Crippen molar-refractivity contribution in [3.63, 3.8) is 0 Å². The summed E-state index contributed by atoms with van der Waals surface area (Å²) in [5.41, 5.74) is 3.84. The van der Waals surface area contributed by atoms with Crippen LogP contribution in [0.1, 0.15) is 392 Å². The molecule has 0 aromatic heterocycles. The van der Waals surface area contributed by atoms with Crippen molar-refractivity contribution in [2.75, 3.05) is 0 Å². The van der Waals surface area contributed by atoms with Crippen molar-refractivity contribution in [1.29, 1.82) is 0 Å². The van der Waals surface area contributed by atoms with Gasteiger partial charge in [0.2, 0.25) is 0 Å². The Labute approximate surface area is 532 Å². The molecule has 80 heavy (non-hydrogen) atoms. The summed E-state index contributed by atoms with van der Waals surface area (Å²) >= 11 is 0. The minimum absolute atomic E-state index is 0. The number of carboxylic acids is 2. The van der Waals surface area contributed by atoms with E-state index in [0.29, 0.717) is 11.8 Å². The Morgan fingerprint density at radius 2 is 0.812 bits per heavy atom. The Kier molecular flexibility index (Phi) is 210. The van der Waals surface area contributed by atoms with Crippen molar-refractivity contribution in [2.24, 2.45) is 50.2 Å². The van der Waals surface area contributed by atoms with E-state index in [1.807, 2.05) is 13.8 Å². The fourth-order valence-corrected chi connectivity index (χ4v) is 11.2. The molecule has 0 saturated heterocycles. The second kappa shape index (κ2) is 76.6. The first kappa shape index (κ1) is 219. The molecule has 0 radical (unpaired) electrons. The molecule has 0 amide bonds. The molecule has 2 N–H and O–H groups in total. The lowest BCUT2D eigenvalue weighted by Crippen LogP contribution is -2.54. The van der Waals surface area contributed by atoms with Gasteiger partial charge in [-0.25, -0.2) is 0 Å². The molecule has 0 aromatic rings. The maximum absolute atomic E-state index is 12.0. The summed E-state index contributed by atoms with van der Waals surface area (Å²) in [6, 6.07) is 0. The number of rotatable bonds is 4. The largest absolute Gasteiger partial charge is 0.481 e. The van der Waals surface area contributed by atoms with Crippen LogP contribution in [0.4, 0.5) is 0 Å². The molecule has 9 unspecified atom stereocenters. The van der Waals surface area contributed by atoms with E-state index in [4.69, 9.17) is 0 Å². The maximum Gasteiger partial charge on any atom is 0.309 e. The van der Waals surface area contributed by atoms with Gasteiger partial charge in [0.1, 0.15) is 0 Å². The fraction of sp³-hybridized carbons (Fsp3) is 0.842. The summed E-state index contributed by atoms with van der Waals surface area (Å²) in [6.45, 7) is 21.2. The number of hydrogen-bond donors (Lipinski definition) is 2. The lowest BCUT2D eigenvalue weighted by molar-refractivity contribution is -0.164. The summed E-state index contributed by atoms with van der Waals surface area (Å²) < 4.78 is 0. The molecular weight excluding hydrogens is 977 g/mol. The molecule has 6 aliphatic rings. The SMILES string of the molecule is C.C.C.C.C.C.C.C.C.C.C.C.C.C.C.C.C.C.C.C.C.C.C.C.C.C.C.C.C.C.C.C.C.C.C.C.C=CC1(C)C=C2CCC3C(C)(C(=O)O)CCCC3(C)C2CC1.C=CC1(C)CC=C2C(=CCC3C(C)(C(=O)O)CCCC23C)C1. The highest BCUT2D eigenvalue weighted by molar-refractivity contribution is 5.76. The first-order valence-electron chi connectivity index (χ1n) is 17.4. The van der Waals surface area contributed by atoms with Gasteiger partial charge in [-0.3, -0.25) is 9.59 Å². The summed E-state index contributed by atoms with van der Waals surface area (Å²) in [4.78, 5) is 23.9. The van der Waals surface area contributed by atoms with Crippen LogP contribution in [-0.4, -0.2) is 22.2 Å². The lowest BCUT2D eigenvalue weighted by Gasteiger charge is -2.59. The van der Waals surface area contributed by atoms with Gasteiger partial charge in [0.05, 0.1) is 10.8 Å². The van der Waals surface area contributed by atoms with Crippen LogP contribution in [-0.2, 0) is 9.59 Å². The molecule has 530 valence electrons. The van der Waals surface area contributed by atoms with Crippen molar-refractivity contribution in [3.05, 3.63) is 60.3 Å².